The molecule has 0 aliphatic heterocycles. The molecule has 0 radical (unpaired) electrons. The molecule has 1 aromatic heterocycles. The van der Waals surface area contributed by atoms with Gasteiger partial charge < -0.3 is 5.32 Å². The standard InChI is InChI=1S/C14H16BrFN2S/c1-4-12-8(2)19-14(18-12)13(17-3)10-7-9(16)5-6-11(10)15/h5-7,13,17H,4H2,1-3H3. The van der Waals surface area contributed by atoms with Gasteiger partial charge in [-0.05, 0) is 44.2 Å². The fourth-order valence-electron chi connectivity index (χ4n) is 2.05. The quantitative estimate of drug-likeness (QED) is 0.899. The number of halogens is 2. The maximum Gasteiger partial charge on any atom is 0.123 e. The van der Waals surface area contributed by atoms with Crippen LogP contribution in [-0.4, -0.2) is 12.0 Å². The van der Waals surface area contributed by atoms with Crippen LogP contribution in [0.1, 0.15) is 34.1 Å². The van der Waals surface area contributed by atoms with Crippen molar-refractivity contribution in [2.24, 2.45) is 0 Å². The normalized spacial score (nSPS) is 12.7. The summed E-state index contributed by atoms with van der Waals surface area (Å²) in [4.78, 5) is 5.89. The zero-order valence-corrected chi connectivity index (χ0v) is 13.5. The molecule has 0 aliphatic carbocycles. The lowest BCUT2D eigenvalue weighted by atomic mass is 10.1. The summed E-state index contributed by atoms with van der Waals surface area (Å²) >= 11 is 5.15. The Balaban J connectivity index is 2.46. The Morgan fingerprint density at radius 2 is 2.21 bits per heavy atom. The summed E-state index contributed by atoms with van der Waals surface area (Å²) < 4.78 is 14.3. The molecule has 5 heteroatoms. The minimum atomic E-state index is -0.234. The second-order valence-electron chi connectivity index (χ2n) is 4.30. The van der Waals surface area contributed by atoms with Gasteiger partial charge in [0.2, 0.25) is 0 Å². The zero-order valence-electron chi connectivity index (χ0n) is 11.1. The van der Waals surface area contributed by atoms with Crippen LogP contribution in [0.5, 0.6) is 0 Å². The lowest BCUT2D eigenvalue weighted by Crippen LogP contribution is -2.18. The van der Waals surface area contributed by atoms with Crippen molar-refractivity contribution in [3.05, 3.63) is 49.6 Å². The van der Waals surface area contributed by atoms with Gasteiger partial charge in [-0.2, -0.15) is 0 Å². The Bertz CT molecular complexity index is 583. The van der Waals surface area contributed by atoms with Gasteiger partial charge in [-0.3, -0.25) is 0 Å². The molecule has 102 valence electrons. The first-order valence-electron chi connectivity index (χ1n) is 6.15. The number of hydrogen-bond acceptors (Lipinski definition) is 3. The summed E-state index contributed by atoms with van der Waals surface area (Å²) in [7, 11) is 1.87. The largest absolute Gasteiger partial charge is 0.307 e. The fraction of sp³-hybridized carbons (Fsp3) is 0.357. The molecule has 0 aliphatic rings. The fourth-order valence-corrected chi connectivity index (χ4v) is 3.67. The minimum absolute atomic E-state index is 0.0888. The number of rotatable bonds is 4. The topological polar surface area (TPSA) is 24.9 Å². The highest BCUT2D eigenvalue weighted by Gasteiger charge is 2.20. The van der Waals surface area contributed by atoms with Crippen molar-refractivity contribution >= 4 is 27.3 Å². The van der Waals surface area contributed by atoms with E-state index >= 15 is 0 Å². The summed E-state index contributed by atoms with van der Waals surface area (Å²) in [5, 5.41) is 4.19. The number of nitrogens with one attached hydrogen (secondary N) is 1. The zero-order chi connectivity index (χ0) is 14.0. The van der Waals surface area contributed by atoms with Crippen molar-refractivity contribution < 1.29 is 4.39 Å². The second kappa shape index (κ2) is 6.11. The van der Waals surface area contributed by atoms with Crippen LogP contribution < -0.4 is 5.32 Å². The highest BCUT2D eigenvalue weighted by Crippen LogP contribution is 2.32. The van der Waals surface area contributed by atoms with Crippen LogP contribution in [0.3, 0.4) is 0 Å². The van der Waals surface area contributed by atoms with Crippen LogP contribution in [0.25, 0.3) is 0 Å². The summed E-state index contributed by atoms with van der Waals surface area (Å²) in [6, 6.07) is 4.64. The maximum absolute atomic E-state index is 13.4. The Hall–Kier alpha value is -0.780. The van der Waals surface area contributed by atoms with Gasteiger partial charge in [0.1, 0.15) is 10.8 Å². The molecule has 0 saturated heterocycles. The second-order valence-corrected chi connectivity index (χ2v) is 6.39. The SMILES string of the molecule is CCc1nc(C(NC)c2cc(F)ccc2Br)sc1C. The number of aryl methyl sites for hydroxylation is 2. The molecule has 0 amide bonds. The van der Waals surface area contributed by atoms with E-state index in [9.17, 15) is 4.39 Å². The lowest BCUT2D eigenvalue weighted by molar-refractivity contribution is 0.614. The van der Waals surface area contributed by atoms with Crippen molar-refractivity contribution in [3.8, 4) is 0 Å². The van der Waals surface area contributed by atoms with Gasteiger partial charge in [-0.1, -0.05) is 22.9 Å². The van der Waals surface area contributed by atoms with Crippen LogP contribution >= 0.6 is 27.3 Å². The summed E-state index contributed by atoms with van der Waals surface area (Å²) in [5.41, 5.74) is 1.99. The molecule has 2 aromatic rings. The van der Waals surface area contributed by atoms with Crippen molar-refractivity contribution in [3.63, 3.8) is 0 Å². The van der Waals surface area contributed by atoms with E-state index < -0.39 is 0 Å². The molecule has 1 atom stereocenters. The van der Waals surface area contributed by atoms with Gasteiger partial charge in [0, 0.05) is 9.35 Å². The molecule has 2 rings (SSSR count). The summed E-state index contributed by atoms with van der Waals surface area (Å²) in [6.45, 7) is 4.17. The van der Waals surface area contributed by atoms with Crippen LogP contribution in [0.4, 0.5) is 4.39 Å². The molecule has 0 saturated carbocycles. The van der Waals surface area contributed by atoms with Gasteiger partial charge >= 0.3 is 0 Å². The van der Waals surface area contributed by atoms with E-state index in [1.54, 1.807) is 23.5 Å². The predicted octanol–water partition coefficient (Wildman–Crippen LogP) is 4.22. The third kappa shape index (κ3) is 3.04. The van der Waals surface area contributed by atoms with E-state index in [0.717, 1.165) is 27.2 Å². The highest BCUT2D eigenvalue weighted by atomic mass is 79.9. The van der Waals surface area contributed by atoms with E-state index in [1.807, 2.05) is 7.05 Å². The molecule has 1 unspecified atom stereocenters. The van der Waals surface area contributed by atoms with E-state index in [1.165, 1.54) is 10.9 Å². The third-order valence-corrected chi connectivity index (χ3v) is 4.85. The smallest absolute Gasteiger partial charge is 0.123 e. The van der Waals surface area contributed by atoms with Crippen molar-refractivity contribution in [2.45, 2.75) is 26.3 Å². The predicted molar refractivity (Wildman–Crippen MR) is 81.2 cm³/mol. The Labute approximate surface area is 125 Å². The number of aromatic nitrogens is 1. The highest BCUT2D eigenvalue weighted by molar-refractivity contribution is 9.10. The molecular formula is C14H16BrFN2S. The molecule has 1 aromatic carbocycles. The number of nitrogens with zero attached hydrogens (tertiary/aromatic N) is 1. The first-order valence-corrected chi connectivity index (χ1v) is 7.76. The Morgan fingerprint density at radius 3 is 2.79 bits per heavy atom. The molecule has 0 spiro atoms. The van der Waals surface area contributed by atoms with E-state index in [2.05, 4.69) is 40.1 Å². The monoisotopic (exact) mass is 342 g/mol. The van der Waals surface area contributed by atoms with Crippen LogP contribution in [0, 0.1) is 12.7 Å². The van der Waals surface area contributed by atoms with E-state index in [-0.39, 0.29) is 11.9 Å². The van der Waals surface area contributed by atoms with Crippen molar-refractivity contribution in [1.29, 1.82) is 0 Å². The van der Waals surface area contributed by atoms with Crippen molar-refractivity contribution in [1.82, 2.24) is 10.3 Å². The molecular weight excluding hydrogens is 327 g/mol. The molecule has 1 N–H and O–H groups in total. The molecule has 0 fully saturated rings. The third-order valence-electron chi connectivity index (χ3n) is 3.05. The van der Waals surface area contributed by atoms with Gasteiger partial charge in [0.25, 0.3) is 0 Å². The lowest BCUT2D eigenvalue weighted by Gasteiger charge is -2.15. The van der Waals surface area contributed by atoms with Crippen LogP contribution in [-0.2, 0) is 6.42 Å². The first-order chi connectivity index (χ1) is 9.06. The minimum Gasteiger partial charge on any atom is -0.307 e. The van der Waals surface area contributed by atoms with Gasteiger partial charge in [0.15, 0.2) is 0 Å². The molecule has 19 heavy (non-hydrogen) atoms. The molecule has 2 nitrogen and oxygen atoms in total. The van der Waals surface area contributed by atoms with Gasteiger partial charge in [-0.25, -0.2) is 9.37 Å². The van der Waals surface area contributed by atoms with Crippen LogP contribution in [0.2, 0.25) is 0 Å². The Morgan fingerprint density at radius 1 is 1.47 bits per heavy atom. The summed E-state index contributed by atoms with van der Waals surface area (Å²) in [6.07, 6.45) is 0.920. The van der Waals surface area contributed by atoms with Gasteiger partial charge in [0.05, 0.1) is 11.7 Å². The number of thiazole rings is 1. The molecule has 0 bridgehead atoms. The molecule has 1 heterocycles. The number of hydrogen-bond donors (Lipinski definition) is 1. The first kappa shape index (κ1) is 14.6. The average Bonchev–Trinajstić information content (AvgIpc) is 2.75. The van der Waals surface area contributed by atoms with Crippen LogP contribution in [0.15, 0.2) is 22.7 Å². The summed E-state index contributed by atoms with van der Waals surface area (Å²) in [5.74, 6) is -0.234. The number of benzene rings is 1. The van der Waals surface area contributed by atoms with E-state index in [0.29, 0.717) is 0 Å². The van der Waals surface area contributed by atoms with Gasteiger partial charge in [-0.15, -0.1) is 11.3 Å². The Kier molecular flexibility index (Phi) is 4.71. The maximum atomic E-state index is 13.4. The average molecular weight is 343 g/mol. The van der Waals surface area contributed by atoms with Crippen molar-refractivity contribution in [2.75, 3.05) is 7.05 Å². The van der Waals surface area contributed by atoms with E-state index in [4.69, 9.17) is 0 Å².